The van der Waals surface area contributed by atoms with Crippen LogP contribution in [0.3, 0.4) is 0 Å². The lowest BCUT2D eigenvalue weighted by atomic mass is 10.1. The molecule has 2 heterocycles. The number of fused-ring (bicyclic) bond motifs is 2. The Hall–Kier alpha value is -3.54. The van der Waals surface area contributed by atoms with Crippen molar-refractivity contribution in [2.75, 3.05) is 0 Å². The number of hydrogen-bond donors (Lipinski definition) is 0. The summed E-state index contributed by atoms with van der Waals surface area (Å²) in [4.78, 5) is 46.2. The molecular formula is C19H12N2O4. The molecule has 0 saturated heterocycles. The van der Waals surface area contributed by atoms with Crippen molar-refractivity contribution >= 4 is 28.7 Å². The molecule has 2 amide bonds. The molecule has 1 aliphatic heterocycles. The van der Waals surface area contributed by atoms with E-state index in [0.29, 0.717) is 5.06 Å². The zero-order valence-corrected chi connectivity index (χ0v) is 13.2. The zero-order chi connectivity index (χ0) is 17.6. The van der Waals surface area contributed by atoms with Gasteiger partial charge in [0.1, 0.15) is 0 Å². The number of pyridine rings is 1. The van der Waals surface area contributed by atoms with E-state index in [1.54, 1.807) is 36.5 Å². The Bertz CT molecular complexity index is 1020. The van der Waals surface area contributed by atoms with E-state index < -0.39 is 17.8 Å². The smallest absolute Gasteiger partial charge is 0.324 e. The fourth-order valence-corrected chi connectivity index (χ4v) is 2.80. The predicted octanol–water partition coefficient (Wildman–Crippen LogP) is 2.91. The summed E-state index contributed by atoms with van der Waals surface area (Å²) in [5, 5.41) is 1.31. The summed E-state index contributed by atoms with van der Waals surface area (Å²) >= 11 is 0. The molecule has 3 aromatic rings. The van der Waals surface area contributed by atoms with Crippen molar-refractivity contribution in [1.29, 1.82) is 0 Å². The molecule has 2 aromatic carbocycles. The first-order valence-corrected chi connectivity index (χ1v) is 7.62. The topological polar surface area (TPSA) is 76.6 Å². The molecule has 122 valence electrons. The largest absolute Gasteiger partial charge is 0.363 e. The van der Waals surface area contributed by atoms with E-state index >= 15 is 0 Å². The minimum absolute atomic E-state index is 0.221. The SMILES string of the molecule is Cc1ccnc2ccc(C(=O)ON3C(=O)c4ccccc4C3=O)cc12. The van der Waals surface area contributed by atoms with E-state index in [2.05, 4.69) is 4.98 Å². The number of aromatic nitrogens is 1. The normalized spacial score (nSPS) is 13.2. The lowest BCUT2D eigenvalue weighted by Crippen LogP contribution is -2.32. The van der Waals surface area contributed by atoms with Gasteiger partial charge in [0.05, 0.1) is 22.2 Å². The number of hydrogen-bond acceptors (Lipinski definition) is 5. The lowest BCUT2D eigenvalue weighted by molar-refractivity contribution is -0.0584. The molecule has 25 heavy (non-hydrogen) atoms. The van der Waals surface area contributed by atoms with Gasteiger partial charge in [0.2, 0.25) is 0 Å². The van der Waals surface area contributed by atoms with Gasteiger partial charge in [-0.3, -0.25) is 14.6 Å². The second-order valence-electron chi connectivity index (χ2n) is 5.69. The quantitative estimate of drug-likeness (QED) is 0.674. The third-order valence-electron chi connectivity index (χ3n) is 4.13. The number of amides is 2. The maximum absolute atomic E-state index is 12.4. The molecule has 0 saturated carbocycles. The Morgan fingerprint density at radius 2 is 1.68 bits per heavy atom. The minimum atomic E-state index is -0.778. The van der Waals surface area contributed by atoms with Crippen LogP contribution in [0.15, 0.2) is 54.7 Å². The Morgan fingerprint density at radius 3 is 2.36 bits per heavy atom. The fourth-order valence-electron chi connectivity index (χ4n) is 2.80. The number of aryl methyl sites for hydroxylation is 1. The third kappa shape index (κ3) is 2.35. The first-order valence-electron chi connectivity index (χ1n) is 7.62. The van der Waals surface area contributed by atoms with E-state index in [1.807, 2.05) is 13.0 Å². The summed E-state index contributed by atoms with van der Waals surface area (Å²) in [6, 6.07) is 13.1. The highest BCUT2D eigenvalue weighted by molar-refractivity contribution is 6.21. The summed E-state index contributed by atoms with van der Waals surface area (Å²) in [7, 11) is 0. The van der Waals surface area contributed by atoms with Crippen LogP contribution in [0.5, 0.6) is 0 Å². The van der Waals surface area contributed by atoms with E-state index in [-0.39, 0.29) is 16.7 Å². The average Bonchev–Trinajstić information content (AvgIpc) is 2.87. The molecule has 0 radical (unpaired) electrons. The summed E-state index contributed by atoms with van der Waals surface area (Å²) in [6.07, 6.45) is 1.69. The zero-order valence-electron chi connectivity index (χ0n) is 13.2. The maximum Gasteiger partial charge on any atom is 0.363 e. The molecule has 0 fully saturated rings. The van der Waals surface area contributed by atoms with E-state index in [9.17, 15) is 14.4 Å². The molecule has 1 aliphatic rings. The molecule has 0 bridgehead atoms. The van der Waals surface area contributed by atoms with E-state index in [4.69, 9.17) is 4.84 Å². The molecule has 0 spiro atoms. The van der Waals surface area contributed by atoms with Gasteiger partial charge in [-0.2, -0.15) is 0 Å². The monoisotopic (exact) mass is 332 g/mol. The van der Waals surface area contributed by atoms with Crippen LogP contribution in [0.2, 0.25) is 0 Å². The van der Waals surface area contributed by atoms with Gasteiger partial charge in [-0.25, -0.2) is 4.79 Å². The molecule has 1 aromatic heterocycles. The summed E-state index contributed by atoms with van der Waals surface area (Å²) in [5.74, 6) is -2.07. The second-order valence-corrected chi connectivity index (χ2v) is 5.69. The number of carbonyl (C=O) groups is 3. The van der Waals surface area contributed by atoms with E-state index in [0.717, 1.165) is 16.5 Å². The predicted molar refractivity (Wildman–Crippen MR) is 88.8 cm³/mol. The third-order valence-corrected chi connectivity index (χ3v) is 4.13. The van der Waals surface area contributed by atoms with Crippen LogP contribution in [-0.4, -0.2) is 27.8 Å². The highest BCUT2D eigenvalue weighted by Gasteiger charge is 2.38. The van der Waals surface area contributed by atoms with Crippen molar-refractivity contribution in [2.45, 2.75) is 6.92 Å². The first kappa shape index (κ1) is 15.0. The van der Waals surface area contributed by atoms with Crippen molar-refractivity contribution in [1.82, 2.24) is 10.0 Å². The fraction of sp³-hybridized carbons (Fsp3) is 0.0526. The van der Waals surface area contributed by atoms with E-state index in [1.165, 1.54) is 12.1 Å². The van der Waals surface area contributed by atoms with Crippen molar-refractivity contribution in [3.05, 3.63) is 77.0 Å². The number of carbonyl (C=O) groups excluding carboxylic acids is 3. The molecule has 0 N–H and O–H groups in total. The number of imide groups is 1. The molecular weight excluding hydrogens is 320 g/mol. The van der Waals surface area contributed by atoms with Crippen molar-refractivity contribution < 1.29 is 19.2 Å². The lowest BCUT2D eigenvalue weighted by Gasteiger charge is -2.13. The van der Waals surface area contributed by atoms with Gasteiger partial charge in [0.15, 0.2) is 0 Å². The molecule has 0 atom stereocenters. The number of rotatable bonds is 2. The van der Waals surface area contributed by atoms with Crippen molar-refractivity contribution in [2.24, 2.45) is 0 Å². The molecule has 0 unspecified atom stereocenters. The molecule has 0 aliphatic carbocycles. The van der Waals surface area contributed by atoms with Gasteiger partial charge >= 0.3 is 5.97 Å². The summed E-state index contributed by atoms with van der Waals surface area (Å²) in [6.45, 7) is 1.91. The Morgan fingerprint density at radius 1 is 1.00 bits per heavy atom. The van der Waals surface area contributed by atoms with Gasteiger partial charge in [-0.1, -0.05) is 17.2 Å². The number of hydroxylamine groups is 2. The van der Waals surface area contributed by atoms with Gasteiger partial charge in [-0.15, -0.1) is 0 Å². The maximum atomic E-state index is 12.4. The van der Waals surface area contributed by atoms with Crippen LogP contribution < -0.4 is 0 Å². The Balaban J connectivity index is 1.64. The number of benzene rings is 2. The van der Waals surface area contributed by atoms with Crippen LogP contribution in [0.4, 0.5) is 0 Å². The minimum Gasteiger partial charge on any atom is -0.324 e. The highest BCUT2D eigenvalue weighted by atomic mass is 16.7. The van der Waals surface area contributed by atoms with Crippen LogP contribution in [0.25, 0.3) is 10.9 Å². The molecule has 6 heteroatoms. The summed E-state index contributed by atoms with van der Waals surface area (Å²) < 4.78 is 0. The molecule has 6 nitrogen and oxygen atoms in total. The van der Waals surface area contributed by atoms with Crippen LogP contribution in [0, 0.1) is 6.92 Å². The second kappa shape index (κ2) is 5.52. The number of nitrogens with zero attached hydrogens (tertiary/aromatic N) is 2. The standard InChI is InChI=1S/C19H12N2O4/c1-11-8-9-20-16-7-6-12(10-15(11)16)19(24)25-21-17(22)13-4-2-3-5-14(13)18(21)23/h2-10H,1H3. The molecule has 4 rings (SSSR count). The van der Waals surface area contributed by atoms with Crippen molar-refractivity contribution in [3.63, 3.8) is 0 Å². The van der Waals surface area contributed by atoms with Gasteiger partial charge in [0.25, 0.3) is 11.8 Å². The van der Waals surface area contributed by atoms with Crippen LogP contribution >= 0.6 is 0 Å². The average molecular weight is 332 g/mol. The van der Waals surface area contributed by atoms with Crippen LogP contribution in [0.1, 0.15) is 36.6 Å². The highest BCUT2D eigenvalue weighted by Crippen LogP contribution is 2.24. The van der Waals surface area contributed by atoms with Gasteiger partial charge in [0, 0.05) is 11.6 Å². The summed E-state index contributed by atoms with van der Waals surface area (Å²) in [5.41, 5.74) is 2.38. The van der Waals surface area contributed by atoms with Crippen molar-refractivity contribution in [3.8, 4) is 0 Å². The van der Waals surface area contributed by atoms with Gasteiger partial charge < -0.3 is 4.84 Å². The Kier molecular flexibility index (Phi) is 3.32. The first-order chi connectivity index (χ1) is 12.1. The van der Waals surface area contributed by atoms with Crippen LogP contribution in [-0.2, 0) is 4.84 Å². The Labute approximate surface area is 142 Å². The van der Waals surface area contributed by atoms with Gasteiger partial charge in [-0.05, 0) is 48.9 Å².